The second-order valence-electron chi connectivity index (χ2n) is 3.52. The summed E-state index contributed by atoms with van der Waals surface area (Å²) in [5.74, 6) is 0.180. The number of rotatable bonds is 2. The maximum absolute atomic E-state index is 11.9. The molecule has 1 N–H and O–H groups in total. The third kappa shape index (κ3) is 2.94. The first kappa shape index (κ1) is 12.5. The lowest BCUT2D eigenvalue weighted by Gasteiger charge is -2.08. The number of Topliss-reactive ketones (excluding diaryl/α,β-unsaturated/α-hetero) is 1. The van der Waals surface area contributed by atoms with Gasteiger partial charge in [-0.3, -0.25) is 4.79 Å². The van der Waals surface area contributed by atoms with Gasteiger partial charge in [-0.05, 0) is 43.7 Å². The second kappa shape index (κ2) is 5.50. The lowest BCUT2D eigenvalue weighted by Crippen LogP contribution is -2.30. The molecule has 1 aromatic rings. The van der Waals surface area contributed by atoms with Crippen LogP contribution in [0.15, 0.2) is 24.3 Å². The van der Waals surface area contributed by atoms with E-state index >= 15 is 0 Å². The smallest absolute Gasteiger partial charge is 0.179 e. The van der Waals surface area contributed by atoms with Crippen molar-refractivity contribution in [1.82, 2.24) is 5.32 Å². The average molecular weight is 246 g/mol. The molecule has 0 amide bonds. The van der Waals surface area contributed by atoms with E-state index in [0.29, 0.717) is 5.02 Å². The van der Waals surface area contributed by atoms with Gasteiger partial charge in [-0.1, -0.05) is 11.6 Å². The number of nitrogens with one attached hydrogen (secondary N) is 1. The Kier molecular flexibility index (Phi) is 4.58. The van der Waals surface area contributed by atoms with Crippen LogP contribution >= 0.6 is 24.0 Å². The summed E-state index contributed by atoms with van der Waals surface area (Å²) in [7, 11) is 0. The summed E-state index contributed by atoms with van der Waals surface area (Å²) in [4.78, 5) is 11.9. The van der Waals surface area contributed by atoms with Crippen LogP contribution in [0.2, 0.25) is 5.02 Å². The minimum atomic E-state index is 0. The third-order valence-corrected chi connectivity index (χ3v) is 2.76. The molecule has 2 rings (SSSR count). The quantitative estimate of drug-likeness (QED) is 0.813. The summed E-state index contributed by atoms with van der Waals surface area (Å²) in [5.41, 5.74) is 0.744. The van der Waals surface area contributed by atoms with Crippen LogP contribution in [-0.4, -0.2) is 18.4 Å². The van der Waals surface area contributed by atoms with E-state index in [-0.39, 0.29) is 24.2 Å². The number of carbonyl (C=O) groups excluding carboxylic acids is 1. The summed E-state index contributed by atoms with van der Waals surface area (Å²) in [6.07, 6.45) is 2.03. The normalized spacial score (nSPS) is 19.7. The largest absolute Gasteiger partial charge is 0.307 e. The van der Waals surface area contributed by atoms with Gasteiger partial charge in [-0.2, -0.15) is 0 Å². The first-order chi connectivity index (χ1) is 6.77. The SMILES string of the molecule is Cl.O=C(c1ccc(Cl)cc1)[C@@H]1CCCN1. The Morgan fingerprint density at radius 1 is 1.33 bits per heavy atom. The molecule has 1 heterocycles. The molecule has 1 aromatic carbocycles. The zero-order valence-electron chi connectivity index (χ0n) is 8.20. The van der Waals surface area contributed by atoms with Crippen LogP contribution in [0.3, 0.4) is 0 Å². The zero-order chi connectivity index (χ0) is 9.97. The summed E-state index contributed by atoms with van der Waals surface area (Å²) in [6.45, 7) is 0.948. The highest BCUT2D eigenvalue weighted by Gasteiger charge is 2.22. The summed E-state index contributed by atoms with van der Waals surface area (Å²) < 4.78 is 0. The van der Waals surface area contributed by atoms with E-state index in [0.717, 1.165) is 24.9 Å². The minimum absolute atomic E-state index is 0. The highest BCUT2D eigenvalue weighted by Crippen LogP contribution is 2.14. The van der Waals surface area contributed by atoms with Gasteiger partial charge in [0, 0.05) is 10.6 Å². The van der Waals surface area contributed by atoms with Gasteiger partial charge in [0.2, 0.25) is 0 Å². The van der Waals surface area contributed by atoms with E-state index in [1.165, 1.54) is 0 Å². The van der Waals surface area contributed by atoms with Crippen molar-refractivity contribution in [3.05, 3.63) is 34.9 Å². The van der Waals surface area contributed by atoms with Crippen LogP contribution in [0.4, 0.5) is 0 Å². The van der Waals surface area contributed by atoms with E-state index in [9.17, 15) is 4.79 Å². The van der Waals surface area contributed by atoms with Crippen molar-refractivity contribution >= 4 is 29.8 Å². The molecule has 0 bridgehead atoms. The molecule has 0 aliphatic carbocycles. The van der Waals surface area contributed by atoms with Crippen LogP contribution in [0.5, 0.6) is 0 Å². The number of hydrogen-bond donors (Lipinski definition) is 1. The molecule has 0 aromatic heterocycles. The van der Waals surface area contributed by atoms with E-state index < -0.39 is 0 Å². The fraction of sp³-hybridized carbons (Fsp3) is 0.364. The topological polar surface area (TPSA) is 29.1 Å². The van der Waals surface area contributed by atoms with Crippen molar-refractivity contribution in [2.45, 2.75) is 18.9 Å². The Morgan fingerprint density at radius 2 is 2.00 bits per heavy atom. The molecule has 1 saturated heterocycles. The molecular formula is C11H13Cl2NO. The van der Waals surface area contributed by atoms with Gasteiger partial charge >= 0.3 is 0 Å². The van der Waals surface area contributed by atoms with Crippen molar-refractivity contribution < 1.29 is 4.79 Å². The van der Waals surface area contributed by atoms with Crippen molar-refractivity contribution in [2.24, 2.45) is 0 Å². The lowest BCUT2D eigenvalue weighted by molar-refractivity contribution is 0.0952. The van der Waals surface area contributed by atoms with E-state index in [1.54, 1.807) is 24.3 Å². The van der Waals surface area contributed by atoms with Gasteiger partial charge in [0.1, 0.15) is 0 Å². The number of hydrogen-bond acceptors (Lipinski definition) is 2. The van der Waals surface area contributed by atoms with Gasteiger partial charge in [-0.25, -0.2) is 0 Å². The molecule has 4 heteroatoms. The molecular weight excluding hydrogens is 233 g/mol. The molecule has 15 heavy (non-hydrogen) atoms. The van der Waals surface area contributed by atoms with Crippen molar-refractivity contribution in [2.75, 3.05) is 6.54 Å². The van der Waals surface area contributed by atoms with Crippen LogP contribution in [-0.2, 0) is 0 Å². The summed E-state index contributed by atoms with van der Waals surface area (Å²) >= 11 is 5.75. The first-order valence-corrected chi connectivity index (χ1v) is 5.18. The number of ketones is 1. The fourth-order valence-corrected chi connectivity index (χ4v) is 1.85. The molecule has 0 saturated carbocycles. The monoisotopic (exact) mass is 245 g/mol. The van der Waals surface area contributed by atoms with Gasteiger partial charge in [-0.15, -0.1) is 12.4 Å². The Balaban J connectivity index is 0.00000112. The molecule has 1 fully saturated rings. The van der Waals surface area contributed by atoms with Crippen molar-refractivity contribution in [3.8, 4) is 0 Å². The van der Waals surface area contributed by atoms with Crippen LogP contribution in [0.1, 0.15) is 23.2 Å². The first-order valence-electron chi connectivity index (χ1n) is 4.80. The molecule has 82 valence electrons. The standard InChI is InChI=1S/C11H12ClNO.ClH/c12-9-5-3-8(4-6-9)11(14)10-2-1-7-13-10;/h3-6,10,13H,1-2,7H2;1H/t10-;/m0./s1. The highest BCUT2D eigenvalue weighted by atomic mass is 35.5. The number of benzene rings is 1. The number of carbonyl (C=O) groups is 1. The molecule has 1 aliphatic rings. The molecule has 0 radical (unpaired) electrons. The van der Waals surface area contributed by atoms with Crippen LogP contribution < -0.4 is 5.32 Å². The van der Waals surface area contributed by atoms with E-state index in [2.05, 4.69) is 5.32 Å². The van der Waals surface area contributed by atoms with Crippen LogP contribution in [0.25, 0.3) is 0 Å². The second-order valence-corrected chi connectivity index (χ2v) is 3.96. The molecule has 1 atom stereocenters. The predicted octanol–water partition coefficient (Wildman–Crippen LogP) is 2.70. The summed E-state index contributed by atoms with van der Waals surface area (Å²) in [5, 5.41) is 3.85. The maximum Gasteiger partial charge on any atom is 0.179 e. The Hall–Kier alpha value is -0.570. The highest BCUT2D eigenvalue weighted by molar-refractivity contribution is 6.30. The lowest BCUT2D eigenvalue weighted by atomic mass is 10.0. The van der Waals surface area contributed by atoms with Gasteiger partial charge in [0.25, 0.3) is 0 Å². The van der Waals surface area contributed by atoms with Crippen LogP contribution in [0, 0.1) is 0 Å². The molecule has 2 nitrogen and oxygen atoms in total. The summed E-state index contributed by atoms with van der Waals surface area (Å²) in [6, 6.07) is 7.08. The predicted molar refractivity (Wildman–Crippen MR) is 64.1 cm³/mol. The zero-order valence-corrected chi connectivity index (χ0v) is 9.77. The Bertz CT molecular complexity index is 331. The Labute approximate surface area is 100 Å². The fourth-order valence-electron chi connectivity index (χ4n) is 1.72. The van der Waals surface area contributed by atoms with E-state index in [1.807, 2.05) is 0 Å². The molecule has 0 unspecified atom stereocenters. The maximum atomic E-state index is 11.9. The third-order valence-electron chi connectivity index (χ3n) is 2.51. The van der Waals surface area contributed by atoms with E-state index in [4.69, 9.17) is 11.6 Å². The van der Waals surface area contributed by atoms with Crippen molar-refractivity contribution in [3.63, 3.8) is 0 Å². The van der Waals surface area contributed by atoms with Crippen molar-refractivity contribution in [1.29, 1.82) is 0 Å². The Morgan fingerprint density at radius 3 is 2.53 bits per heavy atom. The average Bonchev–Trinajstić information content (AvgIpc) is 2.71. The minimum Gasteiger partial charge on any atom is -0.307 e. The van der Waals surface area contributed by atoms with Gasteiger partial charge < -0.3 is 5.32 Å². The molecule has 0 spiro atoms. The number of halogens is 2. The van der Waals surface area contributed by atoms with Gasteiger partial charge in [0.05, 0.1) is 6.04 Å². The molecule has 1 aliphatic heterocycles. The van der Waals surface area contributed by atoms with Gasteiger partial charge in [0.15, 0.2) is 5.78 Å².